The van der Waals surface area contributed by atoms with Gasteiger partial charge >= 0.3 is 0 Å². The molecule has 1 heterocycles. The van der Waals surface area contributed by atoms with Gasteiger partial charge in [0.15, 0.2) is 5.82 Å². The molecule has 16 heavy (non-hydrogen) atoms. The molecule has 0 bridgehead atoms. The Morgan fingerprint density at radius 3 is 2.50 bits per heavy atom. The van der Waals surface area contributed by atoms with Crippen LogP contribution in [0.25, 0.3) is 0 Å². The lowest BCUT2D eigenvalue weighted by atomic mass is 10.1. The summed E-state index contributed by atoms with van der Waals surface area (Å²) in [6.45, 7) is 0. The number of nitrogens with two attached hydrogens (primary N) is 1. The van der Waals surface area contributed by atoms with E-state index in [2.05, 4.69) is 10.1 Å². The van der Waals surface area contributed by atoms with Crippen molar-refractivity contribution in [3.8, 4) is 5.75 Å². The number of hydrogen-bond acceptors (Lipinski definition) is 4. The first kappa shape index (κ1) is 10.6. The van der Waals surface area contributed by atoms with Crippen molar-refractivity contribution in [1.29, 1.82) is 0 Å². The summed E-state index contributed by atoms with van der Waals surface area (Å²) in [5.74, 6) is 1.43. The molecular weight excluding hydrogens is 204 g/mol. The maximum Gasteiger partial charge on any atom is 0.171 e. The smallest absolute Gasteiger partial charge is 0.171 e. The van der Waals surface area contributed by atoms with Gasteiger partial charge in [0.25, 0.3) is 0 Å². The first-order chi connectivity index (χ1) is 7.70. The van der Waals surface area contributed by atoms with Crippen molar-refractivity contribution in [3.63, 3.8) is 0 Å². The van der Waals surface area contributed by atoms with Gasteiger partial charge in [-0.3, -0.25) is 4.68 Å². The van der Waals surface area contributed by atoms with E-state index in [4.69, 9.17) is 10.5 Å². The lowest BCUT2D eigenvalue weighted by molar-refractivity contribution is 0.414. The van der Waals surface area contributed by atoms with Crippen LogP contribution in [0.5, 0.6) is 5.75 Å². The summed E-state index contributed by atoms with van der Waals surface area (Å²) >= 11 is 0. The molecule has 2 N–H and O–H groups in total. The fourth-order valence-corrected chi connectivity index (χ4v) is 1.46. The maximum atomic E-state index is 6.04. The molecule has 84 valence electrons. The molecule has 0 amide bonds. The van der Waals surface area contributed by atoms with E-state index in [1.54, 1.807) is 18.1 Å². The zero-order valence-corrected chi connectivity index (χ0v) is 9.29. The second-order valence-corrected chi connectivity index (χ2v) is 3.53. The third kappa shape index (κ3) is 2.04. The Bertz CT molecular complexity index is 463. The third-order valence-electron chi connectivity index (χ3n) is 2.37. The lowest BCUT2D eigenvalue weighted by Crippen LogP contribution is -2.14. The topological polar surface area (TPSA) is 66.0 Å². The van der Waals surface area contributed by atoms with Crippen LogP contribution in [0, 0.1) is 0 Å². The summed E-state index contributed by atoms with van der Waals surface area (Å²) in [7, 11) is 3.45. The Morgan fingerprint density at radius 2 is 2.00 bits per heavy atom. The Morgan fingerprint density at radius 1 is 1.31 bits per heavy atom. The molecule has 5 heteroatoms. The number of methoxy groups -OCH3 is 1. The van der Waals surface area contributed by atoms with Crippen molar-refractivity contribution in [2.24, 2.45) is 12.8 Å². The molecule has 1 atom stereocenters. The normalized spacial score (nSPS) is 12.4. The molecular formula is C11H14N4O. The van der Waals surface area contributed by atoms with Gasteiger partial charge in [0.05, 0.1) is 13.2 Å². The second kappa shape index (κ2) is 4.32. The molecule has 0 fully saturated rings. The van der Waals surface area contributed by atoms with Crippen molar-refractivity contribution >= 4 is 0 Å². The van der Waals surface area contributed by atoms with Gasteiger partial charge in [-0.05, 0) is 17.7 Å². The lowest BCUT2D eigenvalue weighted by Gasteiger charge is -2.08. The highest BCUT2D eigenvalue weighted by Gasteiger charge is 2.12. The molecule has 2 aromatic rings. The Balaban J connectivity index is 2.23. The van der Waals surface area contributed by atoms with Crippen LogP contribution in [0.3, 0.4) is 0 Å². The summed E-state index contributed by atoms with van der Waals surface area (Å²) in [6, 6.07) is 7.28. The van der Waals surface area contributed by atoms with E-state index < -0.39 is 0 Å². The van der Waals surface area contributed by atoms with E-state index >= 15 is 0 Å². The van der Waals surface area contributed by atoms with Crippen LogP contribution in [-0.2, 0) is 7.05 Å². The predicted molar refractivity (Wildman–Crippen MR) is 60.0 cm³/mol. The molecule has 1 aromatic carbocycles. The van der Waals surface area contributed by atoms with Crippen molar-refractivity contribution < 1.29 is 4.74 Å². The number of rotatable bonds is 3. The van der Waals surface area contributed by atoms with Crippen LogP contribution in [0.15, 0.2) is 30.6 Å². The van der Waals surface area contributed by atoms with E-state index in [1.807, 2.05) is 31.3 Å². The number of aromatic nitrogens is 3. The highest BCUT2D eigenvalue weighted by atomic mass is 16.5. The summed E-state index contributed by atoms with van der Waals surface area (Å²) in [4.78, 5) is 4.13. The Labute approximate surface area is 93.9 Å². The molecule has 5 nitrogen and oxygen atoms in total. The highest BCUT2D eigenvalue weighted by Crippen LogP contribution is 2.19. The molecule has 0 saturated carbocycles. The number of aryl methyl sites for hydroxylation is 1. The molecule has 2 rings (SSSR count). The zero-order chi connectivity index (χ0) is 11.5. The molecule has 0 aliphatic carbocycles. The number of nitrogens with zero attached hydrogens (tertiary/aromatic N) is 3. The second-order valence-electron chi connectivity index (χ2n) is 3.53. The first-order valence-corrected chi connectivity index (χ1v) is 4.96. The van der Waals surface area contributed by atoms with Crippen LogP contribution in [0.1, 0.15) is 17.4 Å². The van der Waals surface area contributed by atoms with Gasteiger partial charge < -0.3 is 10.5 Å². The largest absolute Gasteiger partial charge is 0.497 e. The molecule has 0 unspecified atom stereocenters. The number of ether oxygens (including phenoxy) is 1. The van der Waals surface area contributed by atoms with E-state index in [-0.39, 0.29) is 6.04 Å². The Hall–Kier alpha value is -1.88. The van der Waals surface area contributed by atoms with E-state index in [1.165, 1.54) is 0 Å². The minimum absolute atomic E-state index is 0.299. The average Bonchev–Trinajstić information content (AvgIpc) is 2.75. The molecule has 1 aromatic heterocycles. The van der Waals surface area contributed by atoms with Crippen LogP contribution >= 0.6 is 0 Å². The van der Waals surface area contributed by atoms with Gasteiger partial charge in [-0.15, -0.1) is 0 Å². The SMILES string of the molecule is COc1ccc([C@@H](N)c2ncn(C)n2)cc1. The average molecular weight is 218 g/mol. The van der Waals surface area contributed by atoms with Gasteiger partial charge in [-0.25, -0.2) is 4.98 Å². The third-order valence-corrected chi connectivity index (χ3v) is 2.37. The summed E-state index contributed by atoms with van der Waals surface area (Å²) < 4.78 is 6.72. The van der Waals surface area contributed by atoms with Crippen molar-refractivity contribution in [2.75, 3.05) is 7.11 Å². The number of hydrogen-bond donors (Lipinski definition) is 1. The van der Waals surface area contributed by atoms with Gasteiger partial charge in [-0.2, -0.15) is 5.10 Å². The van der Waals surface area contributed by atoms with Crippen molar-refractivity contribution in [2.45, 2.75) is 6.04 Å². The van der Waals surface area contributed by atoms with Crippen LogP contribution in [-0.4, -0.2) is 21.9 Å². The molecule has 0 aliphatic heterocycles. The van der Waals surface area contributed by atoms with Crippen LogP contribution < -0.4 is 10.5 Å². The van der Waals surface area contributed by atoms with Crippen molar-refractivity contribution in [3.05, 3.63) is 42.0 Å². The quantitative estimate of drug-likeness (QED) is 0.830. The molecule has 0 aliphatic rings. The summed E-state index contributed by atoms with van der Waals surface area (Å²) in [5, 5.41) is 4.18. The minimum Gasteiger partial charge on any atom is -0.497 e. The standard InChI is InChI=1S/C11H14N4O/c1-15-7-13-11(14-15)10(12)8-3-5-9(16-2)6-4-8/h3-7,10H,12H2,1-2H3/t10-/m1/s1. The van der Waals surface area contributed by atoms with E-state index in [9.17, 15) is 0 Å². The maximum absolute atomic E-state index is 6.04. The molecule has 0 saturated heterocycles. The summed E-state index contributed by atoms with van der Waals surface area (Å²) in [5.41, 5.74) is 7.01. The van der Waals surface area contributed by atoms with Gasteiger partial charge in [-0.1, -0.05) is 12.1 Å². The van der Waals surface area contributed by atoms with Crippen molar-refractivity contribution in [1.82, 2.24) is 14.8 Å². The van der Waals surface area contributed by atoms with E-state index in [0.717, 1.165) is 11.3 Å². The van der Waals surface area contributed by atoms with Crippen LogP contribution in [0.4, 0.5) is 0 Å². The van der Waals surface area contributed by atoms with Gasteiger partial charge in [0.2, 0.25) is 0 Å². The predicted octanol–water partition coefficient (Wildman–Crippen LogP) is 0.872. The Kier molecular flexibility index (Phi) is 2.87. The van der Waals surface area contributed by atoms with Crippen LogP contribution in [0.2, 0.25) is 0 Å². The van der Waals surface area contributed by atoms with Gasteiger partial charge in [0, 0.05) is 7.05 Å². The first-order valence-electron chi connectivity index (χ1n) is 4.96. The van der Waals surface area contributed by atoms with Gasteiger partial charge in [0.1, 0.15) is 12.1 Å². The van der Waals surface area contributed by atoms with E-state index in [0.29, 0.717) is 5.82 Å². The fraction of sp³-hybridized carbons (Fsp3) is 0.273. The molecule has 0 spiro atoms. The highest BCUT2D eigenvalue weighted by molar-refractivity contribution is 5.31. The fourth-order valence-electron chi connectivity index (χ4n) is 1.46. The minimum atomic E-state index is -0.299. The zero-order valence-electron chi connectivity index (χ0n) is 9.29. The molecule has 0 radical (unpaired) electrons. The monoisotopic (exact) mass is 218 g/mol. The summed E-state index contributed by atoms with van der Waals surface area (Å²) in [6.07, 6.45) is 1.64. The number of benzene rings is 1.